The van der Waals surface area contributed by atoms with Gasteiger partial charge >= 0.3 is 0 Å². The second-order valence-electron chi connectivity index (χ2n) is 11.9. The van der Waals surface area contributed by atoms with Crippen molar-refractivity contribution >= 4 is 23.7 Å². The van der Waals surface area contributed by atoms with Crippen LogP contribution < -0.4 is 15.4 Å². The van der Waals surface area contributed by atoms with Gasteiger partial charge in [-0.2, -0.15) is 4.98 Å². The number of ether oxygens (including phenoxy) is 1. The summed E-state index contributed by atoms with van der Waals surface area (Å²) in [6.07, 6.45) is 5.08. The molecule has 0 aliphatic carbocycles. The van der Waals surface area contributed by atoms with E-state index in [4.69, 9.17) is 4.74 Å². The number of hydrogen-bond donors (Lipinski definition) is 2. The molecule has 0 bridgehead atoms. The van der Waals surface area contributed by atoms with Crippen molar-refractivity contribution in [3.8, 4) is 5.75 Å². The van der Waals surface area contributed by atoms with Gasteiger partial charge in [0, 0.05) is 41.5 Å². The van der Waals surface area contributed by atoms with Crippen molar-refractivity contribution < 1.29 is 22.7 Å². The van der Waals surface area contributed by atoms with Crippen LogP contribution in [0.15, 0.2) is 18.3 Å². The fourth-order valence-electron chi connectivity index (χ4n) is 5.77. The molecule has 3 heterocycles. The van der Waals surface area contributed by atoms with Crippen LogP contribution in [-0.4, -0.2) is 76.0 Å². The summed E-state index contributed by atoms with van der Waals surface area (Å²) >= 11 is 0. The monoisotopic (exact) mass is 548 g/mol. The van der Waals surface area contributed by atoms with Gasteiger partial charge in [0.2, 0.25) is 5.95 Å². The standard InChI is InChI=1S/C28H39F3N6O2/c1-27(2)15-19(16-28(3,4)36(27)5)33-25-23(31)17-32-26(35-25)34-18-13-21(29)24(22(30)14-18)39-20-7-6-9-37(10-8-20)11-12-38/h12-14,17,19-20H,6-11,15-16H2,1-5H3,(H2,32,33,34,35). The zero-order chi connectivity index (χ0) is 28.4. The number of benzene rings is 1. The average molecular weight is 549 g/mol. The van der Waals surface area contributed by atoms with Crippen LogP contribution in [0, 0.1) is 17.5 Å². The summed E-state index contributed by atoms with van der Waals surface area (Å²) in [5.74, 6) is -2.72. The molecule has 2 aliphatic heterocycles. The van der Waals surface area contributed by atoms with Gasteiger partial charge in [0.1, 0.15) is 12.4 Å². The Morgan fingerprint density at radius 2 is 1.72 bits per heavy atom. The minimum Gasteiger partial charge on any atom is -0.484 e. The molecule has 2 aromatic rings. The van der Waals surface area contributed by atoms with E-state index in [0.717, 1.165) is 50.4 Å². The van der Waals surface area contributed by atoms with Crippen molar-refractivity contribution in [2.24, 2.45) is 0 Å². The van der Waals surface area contributed by atoms with Gasteiger partial charge in [-0.1, -0.05) is 0 Å². The van der Waals surface area contributed by atoms with E-state index in [2.05, 4.69) is 60.2 Å². The predicted octanol–water partition coefficient (Wildman–Crippen LogP) is 5.13. The van der Waals surface area contributed by atoms with Crippen LogP contribution in [0.2, 0.25) is 0 Å². The number of halogens is 3. The molecule has 1 aromatic carbocycles. The molecule has 8 nitrogen and oxygen atoms in total. The number of carbonyl (C=O) groups is 1. The zero-order valence-electron chi connectivity index (χ0n) is 23.4. The maximum absolute atomic E-state index is 14.9. The van der Waals surface area contributed by atoms with Gasteiger partial charge in [-0.05, 0) is 73.4 Å². The lowest BCUT2D eigenvalue weighted by Crippen LogP contribution is -2.61. The fraction of sp³-hybridized carbons (Fsp3) is 0.607. The van der Waals surface area contributed by atoms with Crippen molar-refractivity contribution in [1.82, 2.24) is 19.8 Å². The highest BCUT2D eigenvalue weighted by molar-refractivity contribution is 5.57. The Morgan fingerprint density at radius 1 is 1.05 bits per heavy atom. The third-order valence-electron chi connectivity index (χ3n) is 8.03. The van der Waals surface area contributed by atoms with Gasteiger partial charge in [0.15, 0.2) is 29.0 Å². The molecule has 2 saturated heterocycles. The first kappa shape index (κ1) is 29.1. The van der Waals surface area contributed by atoms with E-state index in [-0.39, 0.29) is 40.7 Å². The fourth-order valence-corrected chi connectivity index (χ4v) is 5.77. The largest absolute Gasteiger partial charge is 0.484 e. The van der Waals surface area contributed by atoms with Crippen LogP contribution >= 0.6 is 0 Å². The smallest absolute Gasteiger partial charge is 0.229 e. The van der Waals surface area contributed by atoms with Crippen LogP contribution in [-0.2, 0) is 4.79 Å². The number of nitrogens with one attached hydrogen (secondary N) is 2. The highest BCUT2D eigenvalue weighted by Gasteiger charge is 2.43. The van der Waals surface area contributed by atoms with Crippen molar-refractivity contribution in [3.05, 3.63) is 35.8 Å². The summed E-state index contributed by atoms with van der Waals surface area (Å²) in [6.45, 7) is 10.3. The molecule has 11 heteroatoms. The molecule has 39 heavy (non-hydrogen) atoms. The van der Waals surface area contributed by atoms with Crippen LogP contribution in [0.4, 0.5) is 30.6 Å². The topological polar surface area (TPSA) is 82.6 Å². The molecule has 0 saturated carbocycles. The van der Waals surface area contributed by atoms with Gasteiger partial charge in [-0.25, -0.2) is 18.2 Å². The lowest BCUT2D eigenvalue weighted by Gasteiger charge is -2.53. The van der Waals surface area contributed by atoms with E-state index in [0.29, 0.717) is 25.9 Å². The van der Waals surface area contributed by atoms with E-state index in [1.165, 1.54) is 0 Å². The number of aldehydes is 1. The normalized spacial score (nSPS) is 22.2. The highest BCUT2D eigenvalue weighted by atomic mass is 19.1. The van der Waals surface area contributed by atoms with Gasteiger partial charge in [0.05, 0.1) is 12.7 Å². The molecule has 0 radical (unpaired) electrons. The summed E-state index contributed by atoms with van der Waals surface area (Å²) in [5.41, 5.74) is -0.127. The molecule has 1 atom stereocenters. The third-order valence-corrected chi connectivity index (χ3v) is 8.03. The summed E-state index contributed by atoms with van der Waals surface area (Å²) in [5, 5.41) is 6.00. The molecule has 1 aromatic heterocycles. The highest BCUT2D eigenvalue weighted by Crippen LogP contribution is 2.38. The molecule has 1 unspecified atom stereocenters. The van der Waals surface area contributed by atoms with Crippen LogP contribution in [0.1, 0.15) is 59.8 Å². The molecular formula is C28H39F3N6O2. The summed E-state index contributed by atoms with van der Waals surface area (Å²) in [6, 6.07) is 2.19. The van der Waals surface area contributed by atoms with Crippen molar-refractivity contribution in [3.63, 3.8) is 0 Å². The summed E-state index contributed by atoms with van der Waals surface area (Å²) in [7, 11) is 2.10. The average Bonchev–Trinajstić information content (AvgIpc) is 3.07. The van der Waals surface area contributed by atoms with E-state index in [1.54, 1.807) is 0 Å². The number of nitrogens with zero attached hydrogens (tertiary/aromatic N) is 4. The Hall–Kier alpha value is -2.92. The third kappa shape index (κ3) is 7.00. The second-order valence-corrected chi connectivity index (χ2v) is 11.9. The summed E-state index contributed by atoms with van der Waals surface area (Å²) in [4.78, 5) is 23.3. The zero-order valence-corrected chi connectivity index (χ0v) is 23.4. The van der Waals surface area contributed by atoms with Crippen LogP contribution in [0.5, 0.6) is 5.75 Å². The van der Waals surface area contributed by atoms with Crippen molar-refractivity contribution in [1.29, 1.82) is 0 Å². The second kappa shape index (κ2) is 11.7. The predicted molar refractivity (Wildman–Crippen MR) is 145 cm³/mol. The number of anilines is 3. The van der Waals surface area contributed by atoms with Gasteiger partial charge in [-0.15, -0.1) is 0 Å². The van der Waals surface area contributed by atoms with E-state index < -0.39 is 23.2 Å². The molecule has 0 amide bonds. The van der Waals surface area contributed by atoms with Gasteiger partial charge < -0.3 is 20.2 Å². The molecule has 4 rings (SSSR count). The number of hydrogen-bond acceptors (Lipinski definition) is 8. The van der Waals surface area contributed by atoms with E-state index >= 15 is 0 Å². The van der Waals surface area contributed by atoms with E-state index in [1.807, 2.05) is 4.90 Å². The minimum absolute atomic E-state index is 0.0110. The number of carbonyl (C=O) groups excluding carboxylic acids is 1. The lowest BCUT2D eigenvalue weighted by atomic mass is 9.77. The first-order chi connectivity index (χ1) is 18.4. The number of piperidine rings is 1. The molecule has 2 N–H and O–H groups in total. The molecular weight excluding hydrogens is 509 g/mol. The first-order valence-corrected chi connectivity index (χ1v) is 13.5. The van der Waals surface area contributed by atoms with Gasteiger partial charge in [-0.3, -0.25) is 9.80 Å². The van der Waals surface area contributed by atoms with Crippen LogP contribution in [0.25, 0.3) is 0 Å². The summed E-state index contributed by atoms with van der Waals surface area (Å²) < 4.78 is 50.2. The maximum atomic E-state index is 14.9. The Balaban J connectivity index is 1.44. The van der Waals surface area contributed by atoms with Crippen molar-refractivity contribution in [2.45, 2.75) is 83.0 Å². The lowest BCUT2D eigenvalue weighted by molar-refractivity contribution is -0.108. The molecule has 214 valence electrons. The Kier molecular flexibility index (Phi) is 8.70. The quantitative estimate of drug-likeness (QED) is 0.440. The Morgan fingerprint density at radius 3 is 2.36 bits per heavy atom. The number of aromatic nitrogens is 2. The molecule has 0 spiro atoms. The van der Waals surface area contributed by atoms with E-state index in [9.17, 15) is 18.0 Å². The van der Waals surface area contributed by atoms with Crippen molar-refractivity contribution in [2.75, 3.05) is 37.3 Å². The minimum atomic E-state index is -0.859. The maximum Gasteiger partial charge on any atom is 0.229 e. The molecule has 2 fully saturated rings. The SMILES string of the molecule is CN1C(C)(C)CC(Nc2nc(Nc3cc(F)c(OC4CCCN(CC=O)CC4)c(F)c3)ncc2F)CC1(C)C. The Labute approximate surface area is 228 Å². The molecule has 2 aliphatic rings. The van der Waals surface area contributed by atoms with Gasteiger partial charge in [0.25, 0.3) is 0 Å². The Bertz CT molecular complexity index is 1140. The first-order valence-electron chi connectivity index (χ1n) is 13.5. The number of rotatable bonds is 8. The number of likely N-dealkylation sites (tertiary alicyclic amines) is 2. The van der Waals surface area contributed by atoms with Crippen LogP contribution in [0.3, 0.4) is 0 Å².